The highest BCUT2D eigenvalue weighted by atomic mass is 79.9. The minimum Gasteiger partial charge on any atom is -0.129 e. The third-order valence-corrected chi connectivity index (χ3v) is 2.75. The molecule has 0 aliphatic carbocycles. The average molecular weight is 217 g/mol. The Kier molecular flexibility index (Phi) is 2.81. The maximum absolute atomic E-state index is 3.42. The van der Waals surface area contributed by atoms with Gasteiger partial charge in [-0.25, -0.2) is 0 Å². The fourth-order valence-electron chi connectivity index (χ4n) is 0.842. The lowest BCUT2D eigenvalue weighted by Gasteiger charge is -2.00. The van der Waals surface area contributed by atoms with Crippen LogP contribution in [0.3, 0.4) is 0 Å². The monoisotopic (exact) mass is 216 g/mol. The molecule has 0 nitrogen and oxygen atoms in total. The van der Waals surface area contributed by atoms with Gasteiger partial charge in [-0.15, -0.1) is 11.8 Å². The van der Waals surface area contributed by atoms with Gasteiger partial charge in [0.2, 0.25) is 0 Å². The fourth-order valence-corrected chi connectivity index (χ4v) is 1.90. The summed E-state index contributed by atoms with van der Waals surface area (Å²) in [5.74, 6) is 0. The standard InChI is InChI=1S/C8H9BrS/c1-6-5-7(9)3-4-8(6)10-2/h3-5H,1-2H3. The first-order valence-electron chi connectivity index (χ1n) is 3.04. The summed E-state index contributed by atoms with van der Waals surface area (Å²) in [6.45, 7) is 2.12. The largest absolute Gasteiger partial charge is 0.129 e. The van der Waals surface area contributed by atoms with E-state index in [0.717, 1.165) is 4.47 Å². The molecule has 0 radical (unpaired) electrons. The number of hydrogen-bond donors (Lipinski definition) is 0. The van der Waals surface area contributed by atoms with Crippen molar-refractivity contribution in [2.45, 2.75) is 11.8 Å². The second-order valence-electron chi connectivity index (χ2n) is 2.11. The molecule has 0 aliphatic rings. The van der Waals surface area contributed by atoms with E-state index in [1.807, 2.05) is 0 Å². The van der Waals surface area contributed by atoms with Crippen molar-refractivity contribution in [3.05, 3.63) is 28.2 Å². The summed E-state index contributed by atoms with van der Waals surface area (Å²) in [5, 5.41) is 0. The van der Waals surface area contributed by atoms with Crippen LogP contribution in [0.1, 0.15) is 5.56 Å². The van der Waals surface area contributed by atoms with Crippen LogP contribution in [0.4, 0.5) is 0 Å². The second-order valence-corrected chi connectivity index (χ2v) is 3.88. The first kappa shape index (κ1) is 8.15. The molecule has 0 bridgehead atoms. The van der Waals surface area contributed by atoms with Gasteiger partial charge in [-0.2, -0.15) is 0 Å². The lowest BCUT2D eigenvalue weighted by atomic mass is 10.2. The Morgan fingerprint density at radius 3 is 2.60 bits per heavy atom. The molecular formula is C8H9BrS. The zero-order valence-electron chi connectivity index (χ0n) is 6.02. The molecule has 0 spiro atoms. The molecule has 1 aromatic carbocycles. The number of rotatable bonds is 1. The number of benzene rings is 1. The van der Waals surface area contributed by atoms with E-state index in [-0.39, 0.29) is 0 Å². The van der Waals surface area contributed by atoms with E-state index in [1.54, 1.807) is 11.8 Å². The molecule has 1 aromatic rings. The van der Waals surface area contributed by atoms with Crippen LogP contribution in [0.5, 0.6) is 0 Å². The van der Waals surface area contributed by atoms with Crippen molar-refractivity contribution in [3.63, 3.8) is 0 Å². The van der Waals surface area contributed by atoms with E-state index < -0.39 is 0 Å². The molecule has 0 atom stereocenters. The molecule has 0 heterocycles. The van der Waals surface area contributed by atoms with E-state index >= 15 is 0 Å². The van der Waals surface area contributed by atoms with Crippen LogP contribution in [0.25, 0.3) is 0 Å². The number of thioether (sulfide) groups is 1. The molecule has 0 aliphatic heterocycles. The average Bonchev–Trinajstić information content (AvgIpc) is 1.88. The molecule has 0 amide bonds. The SMILES string of the molecule is CSc1ccc(Br)cc1C. The zero-order valence-corrected chi connectivity index (χ0v) is 8.42. The van der Waals surface area contributed by atoms with Crippen molar-refractivity contribution >= 4 is 27.7 Å². The third-order valence-electron chi connectivity index (χ3n) is 1.36. The molecule has 0 N–H and O–H groups in total. The molecule has 0 saturated heterocycles. The van der Waals surface area contributed by atoms with Crippen LogP contribution < -0.4 is 0 Å². The van der Waals surface area contributed by atoms with Crippen LogP contribution in [0, 0.1) is 6.92 Å². The van der Waals surface area contributed by atoms with Gasteiger partial charge in [0.25, 0.3) is 0 Å². The minimum atomic E-state index is 1.16. The second kappa shape index (κ2) is 3.44. The Hall–Kier alpha value is 0.0500. The summed E-state index contributed by atoms with van der Waals surface area (Å²) in [4.78, 5) is 1.35. The van der Waals surface area contributed by atoms with Gasteiger partial charge in [-0.05, 0) is 36.9 Å². The molecular weight excluding hydrogens is 208 g/mol. The highest BCUT2D eigenvalue weighted by Crippen LogP contribution is 2.22. The highest BCUT2D eigenvalue weighted by molar-refractivity contribution is 9.10. The summed E-state index contributed by atoms with van der Waals surface area (Å²) in [7, 11) is 0. The summed E-state index contributed by atoms with van der Waals surface area (Å²) in [6, 6.07) is 6.33. The quantitative estimate of drug-likeness (QED) is 0.649. The van der Waals surface area contributed by atoms with Gasteiger partial charge in [0, 0.05) is 9.37 Å². The Morgan fingerprint density at radius 2 is 2.10 bits per heavy atom. The Bertz CT molecular complexity index is 233. The summed E-state index contributed by atoms with van der Waals surface area (Å²) >= 11 is 5.20. The van der Waals surface area contributed by atoms with E-state index in [2.05, 4.69) is 47.3 Å². The van der Waals surface area contributed by atoms with Crippen molar-refractivity contribution in [1.82, 2.24) is 0 Å². The predicted molar refractivity (Wildman–Crippen MR) is 50.7 cm³/mol. The molecule has 0 aromatic heterocycles. The molecule has 0 saturated carbocycles. The number of hydrogen-bond acceptors (Lipinski definition) is 1. The van der Waals surface area contributed by atoms with E-state index in [1.165, 1.54) is 10.5 Å². The predicted octanol–water partition coefficient (Wildman–Crippen LogP) is 3.48. The maximum Gasteiger partial charge on any atom is 0.0178 e. The van der Waals surface area contributed by atoms with Gasteiger partial charge in [0.1, 0.15) is 0 Å². The highest BCUT2D eigenvalue weighted by Gasteiger charge is 1.94. The van der Waals surface area contributed by atoms with Gasteiger partial charge in [-0.3, -0.25) is 0 Å². The fraction of sp³-hybridized carbons (Fsp3) is 0.250. The lowest BCUT2D eigenvalue weighted by molar-refractivity contribution is 1.29. The molecule has 1 rings (SSSR count). The normalized spacial score (nSPS) is 9.90. The Morgan fingerprint density at radius 1 is 1.40 bits per heavy atom. The summed E-state index contributed by atoms with van der Waals surface area (Å²) < 4.78 is 1.16. The van der Waals surface area contributed by atoms with Gasteiger partial charge < -0.3 is 0 Å². The first-order chi connectivity index (χ1) is 4.74. The minimum absolute atomic E-state index is 1.16. The van der Waals surface area contributed by atoms with Crippen LogP contribution in [-0.4, -0.2) is 6.26 Å². The van der Waals surface area contributed by atoms with Gasteiger partial charge in [0.15, 0.2) is 0 Å². The number of halogens is 1. The van der Waals surface area contributed by atoms with Crippen LogP contribution >= 0.6 is 27.7 Å². The Balaban J connectivity index is 3.07. The summed E-state index contributed by atoms with van der Waals surface area (Å²) in [6.07, 6.45) is 2.09. The van der Waals surface area contributed by atoms with Crippen LogP contribution in [0.15, 0.2) is 27.6 Å². The molecule has 2 heteroatoms. The van der Waals surface area contributed by atoms with Crippen molar-refractivity contribution in [2.24, 2.45) is 0 Å². The van der Waals surface area contributed by atoms with Gasteiger partial charge in [-0.1, -0.05) is 15.9 Å². The topological polar surface area (TPSA) is 0 Å². The van der Waals surface area contributed by atoms with Crippen LogP contribution in [0.2, 0.25) is 0 Å². The van der Waals surface area contributed by atoms with Crippen molar-refractivity contribution in [3.8, 4) is 0 Å². The lowest BCUT2D eigenvalue weighted by Crippen LogP contribution is -1.76. The molecule has 54 valence electrons. The molecule has 0 fully saturated rings. The van der Waals surface area contributed by atoms with E-state index in [9.17, 15) is 0 Å². The molecule has 10 heavy (non-hydrogen) atoms. The maximum atomic E-state index is 3.42. The molecule has 0 unspecified atom stereocenters. The van der Waals surface area contributed by atoms with Gasteiger partial charge in [0.05, 0.1) is 0 Å². The first-order valence-corrected chi connectivity index (χ1v) is 5.06. The third kappa shape index (κ3) is 1.77. The van der Waals surface area contributed by atoms with Crippen molar-refractivity contribution < 1.29 is 0 Å². The van der Waals surface area contributed by atoms with Gasteiger partial charge >= 0.3 is 0 Å². The smallest absolute Gasteiger partial charge is 0.0178 e. The van der Waals surface area contributed by atoms with E-state index in [0.29, 0.717) is 0 Å². The van der Waals surface area contributed by atoms with Crippen LogP contribution in [-0.2, 0) is 0 Å². The summed E-state index contributed by atoms with van der Waals surface area (Å²) in [5.41, 5.74) is 1.34. The van der Waals surface area contributed by atoms with E-state index in [4.69, 9.17) is 0 Å². The number of aryl methyl sites for hydroxylation is 1. The van der Waals surface area contributed by atoms with Crippen molar-refractivity contribution in [1.29, 1.82) is 0 Å². The Labute approximate surface area is 74.2 Å². The van der Waals surface area contributed by atoms with Crippen molar-refractivity contribution in [2.75, 3.05) is 6.26 Å². The zero-order chi connectivity index (χ0) is 7.56.